The van der Waals surface area contributed by atoms with Crippen LogP contribution in [0.3, 0.4) is 0 Å². The molecule has 0 spiro atoms. The Bertz CT molecular complexity index is 1320. The van der Waals surface area contributed by atoms with Gasteiger partial charge in [0.25, 0.3) is 0 Å². The van der Waals surface area contributed by atoms with E-state index in [9.17, 15) is 9.90 Å². The molecule has 0 atom stereocenters. The van der Waals surface area contributed by atoms with Crippen LogP contribution in [0.2, 0.25) is 0 Å². The number of para-hydroxylation sites is 1. The summed E-state index contributed by atoms with van der Waals surface area (Å²) in [4.78, 5) is 16.0. The molecule has 0 unspecified atom stereocenters. The number of rotatable bonds is 5. The summed E-state index contributed by atoms with van der Waals surface area (Å²) in [5.74, 6) is -0.487. The van der Waals surface area contributed by atoms with E-state index in [0.717, 1.165) is 22.5 Å². The average molecular weight is 511 g/mol. The number of carboxylic acid groups (broad SMARTS) is 1. The van der Waals surface area contributed by atoms with E-state index in [1.54, 1.807) is 21.6 Å². The van der Waals surface area contributed by atoms with E-state index in [1.165, 1.54) is 0 Å². The summed E-state index contributed by atoms with van der Waals surface area (Å²) in [6.45, 7) is 0. The van der Waals surface area contributed by atoms with Gasteiger partial charge in [-0.05, 0) is 53.7 Å². The predicted octanol–water partition coefficient (Wildman–Crippen LogP) is 3.79. The lowest BCUT2D eigenvalue weighted by atomic mass is 9.76. The predicted molar refractivity (Wildman–Crippen MR) is 126 cm³/mol. The molecule has 1 aliphatic rings. The highest BCUT2D eigenvalue weighted by Gasteiger charge is 2.37. The third-order valence-corrected chi connectivity index (χ3v) is 7.16. The number of fused-ring (bicyclic) bond motifs is 1. The van der Waals surface area contributed by atoms with Gasteiger partial charge in [-0.25, -0.2) is 9.67 Å². The molecule has 10 heteroatoms. The summed E-state index contributed by atoms with van der Waals surface area (Å²) in [5, 5.41) is 28.6. The first-order valence-corrected chi connectivity index (χ1v) is 11.5. The molecule has 3 heterocycles. The zero-order valence-corrected chi connectivity index (χ0v) is 19.3. The molecular weight excluding hydrogens is 488 g/mol. The van der Waals surface area contributed by atoms with Gasteiger partial charge >= 0.3 is 5.97 Å². The Balaban J connectivity index is 1.49. The minimum Gasteiger partial charge on any atom is -0.481 e. The lowest BCUT2D eigenvalue weighted by Gasteiger charge is -2.35. The van der Waals surface area contributed by atoms with Crippen LogP contribution in [0, 0.1) is 0 Å². The second-order valence-electron chi connectivity index (χ2n) is 8.57. The molecular formula is C23H23BrN6O3. The third-order valence-electron chi connectivity index (χ3n) is 6.35. The molecule has 1 saturated carbocycles. The monoisotopic (exact) mass is 510 g/mol. The van der Waals surface area contributed by atoms with Crippen LogP contribution >= 0.6 is 15.9 Å². The SMILES string of the molecule is Nc1c(Br)c([C@H]2CC[C@](O)(CC(=O)O)CC2)nc2c(-c3cnn(-c4ccccc4)c3)cnn12. The van der Waals surface area contributed by atoms with Crippen LogP contribution in [-0.2, 0) is 4.79 Å². The highest BCUT2D eigenvalue weighted by atomic mass is 79.9. The fraction of sp³-hybridized carbons (Fsp3) is 0.304. The van der Waals surface area contributed by atoms with Crippen molar-refractivity contribution in [2.45, 2.75) is 43.6 Å². The number of hydrogen-bond acceptors (Lipinski definition) is 6. The van der Waals surface area contributed by atoms with Crippen molar-refractivity contribution < 1.29 is 15.0 Å². The van der Waals surface area contributed by atoms with Gasteiger partial charge in [0, 0.05) is 23.2 Å². The van der Waals surface area contributed by atoms with Gasteiger partial charge in [0.15, 0.2) is 5.65 Å². The molecule has 1 aromatic carbocycles. The minimum atomic E-state index is -1.17. The zero-order chi connectivity index (χ0) is 23.2. The lowest BCUT2D eigenvalue weighted by Crippen LogP contribution is -2.36. The van der Waals surface area contributed by atoms with Gasteiger partial charge in [0.2, 0.25) is 0 Å². The van der Waals surface area contributed by atoms with Gasteiger partial charge in [-0.3, -0.25) is 4.79 Å². The van der Waals surface area contributed by atoms with E-state index in [1.807, 2.05) is 36.5 Å². The molecule has 3 aromatic heterocycles. The van der Waals surface area contributed by atoms with Crippen LogP contribution in [-0.4, -0.2) is 46.2 Å². The maximum absolute atomic E-state index is 11.1. The van der Waals surface area contributed by atoms with Crippen molar-refractivity contribution in [3.8, 4) is 16.8 Å². The van der Waals surface area contributed by atoms with Crippen molar-refractivity contribution in [3.05, 3.63) is 59.1 Å². The molecule has 1 fully saturated rings. The van der Waals surface area contributed by atoms with Crippen molar-refractivity contribution in [1.29, 1.82) is 0 Å². The van der Waals surface area contributed by atoms with E-state index in [0.29, 0.717) is 41.6 Å². The van der Waals surface area contributed by atoms with Crippen molar-refractivity contribution >= 4 is 33.4 Å². The Morgan fingerprint density at radius 2 is 1.91 bits per heavy atom. The number of aromatic nitrogens is 5. The summed E-state index contributed by atoms with van der Waals surface area (Å²) in [5.41, 5.74) is 9.30. The standard InChI is InChI=1S/C23H23BrN6O3/c24-19-20(14-6-8-23(33,9-7-14)10-18(31)32)28-22-17(12-27-30(22)21(19)25)15-11-26-29(13-15)16-4-2-1-3-5-16/h1-5,11-14,33H,6-10,25H2,(H,31,32)/t14-,23+. The smallest absolute Gasteiger partial charge is 0.306 e. The number of halogens is 1. The summed E-state index contributed by atoms with van der Waals surface area (Å²) >= 11 is 3.58. The molecule has 0 amide bonds. The van der Waals surface area contributed by atoms with Gasteiger partial charge in [0.1, 0.15) is 5.82 Å². The van der Waals surface area contributed by atoms with Crippen molar-refractivity contribution in [2.75, 3.05) is 5.73 Å². The topological polar surface area (TPSA) is 132 Å². The normalized spacial score (nSPS) is 20.8. The number of nitrogens with zero attached hydrogens (tertiary/aromatic N) is 5. The molecule has 4 aromatic rings. The second kappa shape index (κ2) is 8.27. The number of anilines is 1. The van der Waals surface area contributed by atoms with Crippen LogP contribution in [0.4, 0.5) is 5.82 Å². The minimum absolute atomic E-state index is 0.0514. The van der Waals surface area contributed by atoms with Crippen molar-refractivity contribution in [1.82, 2.24) is 24.4 Å². The molecule has 0 saturated heterocycles. The Labute approximate surface area is 198 Å². The molecule has 0 radical (unpaired) electrons. The Morgan fingerprint density at radius 3 is 2.61 bits per heavy atom. The number of carbonyl (C=O) groups is 1. The number of nitrogens with two attached hydrogens (primary N) is 1. The van der Waals surface area contributed by atoms with Crippen LogP contribution in [0.15, 0.2) is 53.4 Å². The summed E-state index contributed by atoms with van der Waals surface area (Å²) in [6.07, 6.45) is 7.25. The fourth-order valence-electron chi connectivity index (χ4n) is 4.56. The van der Waals surface area contributed by atoms with Crippen LogP contribution in [0.5, 0.6) is 0 Å². The first-order chi connectivity index (χ1) is 15.8. The zero-order valence-electron chi connectivity index (χ0n) is 17.7. The van der Waals surface area contributed by atoms with Crippen LogP contribution in [0.1, 0.15) is 43.7 Å². The van der Waals surface area contributed by atoms with Gasteiger partial charge in [0.05, 0.1) is 40.3 Å². The van der Waals surface area contributed by atoms with Gasteiger partial charge in [-0.15, -0.1) is 0 Å². The van der Waals surface area contributed by atoms with Crippen LogP contribution in [0.25, 0.3) is 22.5 Å². The van der Waals surface area contributed by atoms with Crippen molar-refractivity contribution in [3.63, 3.8) is 0 Å². The van der Waals surface area contributed by atoms with Crippen molar-refractivity contribution in [2.24, 2.45) is 0 Å². The second-order valence-corrected chi connectivity index (χ2v) is 9.36. The Morgan fingerprint density at radius 1 is 1.18 bits per heavy atom. The van der Waals surface area contributed by atoms with E-state index < -0.39 is 11.6 Å². The molecule has 4 N–H and O–H groups in total. The molecule has 0 aliphatic heterocycles. The number of nitrogen functional groups attached to an aromatic ring is 1. The van der Waals surface area contributed by atoms with E-state index in [2.05, 4.69) is 26.1 Å². The van der Waals surface area contributed by atoms with Gasteiger partial charge in [-0.1, -0.05) is 18.2 Å². The lowest BCUT2D eigenvalue weighted by molar-refractivity contribution is -0.144. The fourth-order valence-corrected chi connectivity index (χ4v) is 5.14. The number of aliphatic carboxylic acids is 1. The van der Waals surface area contributed by atoms with E-state index >= 15 is 0 Å². The summed E-state index contributed by atoms with van der Waals surface area (Å²) < 4.78 is 4.08. The largest absolute Gasteiger partial charge is 0.481 e. The van der Waals surface area contributed by atoms with Gasteiger partial charge in [-0.2, -0.15) is 14.7 Å². The number of benzene rings is 1. The summed E-state index contributed by atoms with van der Waals surface area (Å²) in [7, 11) is 0. The molecule has 0 bridgehead atoms. The molecule has 1 aliphatic carbocycles. The van der Waals surface area contributed by atoms with E-state index in [4.69, 9.17) is 15.8 Å². The maximum Gasteiger partial charge on any atom is 0.306 e. The highest BCUT2D eigenvalue weighted by Crippen LogP contribution is 2.43. The first kappa shape index (κ1) is 21.6. The molecule has 9 nitrogen and oxygen atoms in total. The van der Waals surface area contributed by atoms with E-state index in [-0.39, 0.29) is 12.3 Å². The maximum atomic E-state index is 11.1. The third kappa shape index (κ3) is 4.00. The van der Waals surface area contributed by atoms with Gasteiger partial charge < -0.3 is 15.9 Å². The molecule has 170 valence electrons. The average Bonchev–Trinajstić information content (AvgIpc) is 3.44. The number of aliphatic hydroxyl groups is 1. The Kier molecular flexibility index (Phi) is 5.41. The van der Waals surface area contributed by atoms with Crippen LogP contribution < -0.4 is 5.73 Å². The highest BCUT2D eigenvalue weighted by molar-refractivity contribution is 9.10. The first-order valence-electron chi connectivity index (χ1n) is 10.7. The Hall–Kier alpha value is -3.24. The molecule has 33 heavy (non-hydrogen) atoms. The summed E-state index contributed by atoms with van der Waals surface area (Å²) in [6, 6.07) is 9.83. The molecule has 5 rings (SSSR count). The quantitative estimate of drug-likeness (QED) is 0.372. The number of carboxylic acids is 1. The number of hydrogen-bond donors (Lipinski definition) is 3.